The molecule has 5 heteroatoms. The van der Waals surface area contributed by atoms with Gasteiger partial charge in [0.05, 0.1) is 12.2 Å². The molecular formula is C14H16ClF3O. The van der Waals surface area contributed by atoms with Gasteiger partial charge in [-0.05, 0) is 37.0 Å². The predicted octanol–water partition coefficient (Wildman–Crippen LogP) is 4.28. The standard InChI is InChI=1S/C14H16ClF3O/c15-9-13(6-1-7-19-10-13)8-11-2-4-12(5-3-11)14(16,17)18/h2-5H,1,6-10H2. The van der Waals surface area contributed by atoms with Crippen molar-refractivity contribution in [2.24, 2.45) is 5.41 Å². The molecule has 0 spiro atoms. The van der Waals surface area contributed by atoms with E-state index in [-0.39, 0.29) is 5.41 Å². The molecule has 1 atom stereocenters. The van der Waals surface area contributed by atoms with Crippen molar-refractivity contribution in [3.8, 4) is 0 Å². The molecule has 0 N–H and O–H groups in total. The molecule has 1 aromatic rings. The van der Waals surface area contributed by atoms with Crippen LogP contribution in [-0.2, 0) is 17.3 Å². The molecular weight excluding hydrogens is 277 g/mol. The number of ether oxygens (including phenoxy) is 1. The van der Waals surface area contributed by atoms with Gasteiger partial charge >= 0.3 is 6.18 Å². The number of hydrogen-bond donors (Lipinski definition) is 0. The Balaban J connectivity index is 2.10. The number of benzene rings is 1. The second-order valence-electron chi connectivity index (χ2n) is 5.16. The van der Waals surface area contributed by atoms with E-state index in [1.54, 1.807) is 0 Å². The van der Waals surface area contributed by atoms with Crippen LogP contribution in [0.15, 0.2) is 24.3 Å². The first-order valence-electron chi connectivity index (χ1n) is 6.25. The third-order valence-corrected chi connectivity index (χ3v) is 4.11. The SMILES string of the molecule is FC(F)(F)c1ccc(CC2(CCl)CCCOC2)cc1. The zero-order chi connectivity index (χ0) is 13.9. The van der Waals surface area contributed by atoms with Crippen LogP contribution < -0.4 is 0 Å². The molecule has 1 unspecified atom stereocenters. The second-order valence-corrected chi connectivity index (χ2v) is 5.43. The monoisotopic (exact) mass is 292 g/mol. The summed E-state index contributed by atoms with van der Waals surface area (Å²) >= 11 is 6.03. The summed E-state index contributed by atoms with van der Waals surface area (Å²) in [5.74, 6) is 0.466. The van der Waals surface area contributed by atoms with E-state index in [4.69, 9.17) is 16.3 Å². The maximum absolute atomic E-state index is 12.5. The minimum Gasteiger partial charge on any atom is -0.381 e. The zero-order valence-corrected chi connectivity index (χ0v) is 11.2. The molecule has 0 radical (unpaired) electrons. The van der Waals surface area contributed by atoms with Gasteiger partial charge in [0.2, 0.25) is 0 Å². The summed E-state index contributed by atoms with van der Waals surface area (Å²) in [4.78, 5) is 0. The third kappa shape index (κ3) is 3.63. The highest BCUT2D eigenvalue weighted by Crippen LogP contribution is 2.35. The van der Waals surface area contributed by atoms with E-state index in [1.807, 2.05) is 0 Å². The van der Waals surface area contributed by atoms with Gasteiger partial charge in [0.15, 0.2) is 0 Å². The van der Waals surface area contributed by atoms with Crippen LogP contribution in [0.1, 0.15) is 24.0 Å². The first-order valence-corrected chi connectivity index (χ1v) is 6.79. The van der Waals surface area contributed by atoms with Crippen LogP contribution >= 0.6 is 11.6 Å². The summed E-state index contributed by atoms with van der Waals surface area (Å²) in [5.41, 5.74) is 0.120. The van der Waals surface area contributed by atoms with Crippen LogP contribution in [0.3, 0.4) is 0 Å². The molecule has 19 heavy (non-hydrogen) atoms. The third-order valence-electron chi connectivity index (χ3n) is 3.55. The van der Waals surface area contributed by atoms with E-state index in [0.29, 0.717) is 18.9 Å². The maximum Gasteiger partial charge on any atom is 0.416 e. The molecule has 1 saturated heterocycles. The molecule has 106 valence electrons. The smallest absolute Gasteiger partial charge is 0.381 e. The fraction of sp³-hybridized carbons (Fsp3) is 0.571. The van der Waals surface area contributed by atoms with Crippen LogP contribution in [0.5, 0.6) is 0 Å². The molecule has 1 fully saturated rings. The van der Waals surface area contributed by atoms with Crippen molar-refractivity contribution in [1.82, 2.24) is 0 Å². The Labute approximate surface area is 115 Å². The quantitative estimate of drug-likeness (QED) is 0.756. The molecule has 0 aromatic heterocycles. The lowest BCUT2D eigenvalue weighted by atomic mass is 9.79. The summed E-state index contributed by atoms with van der Waals surface area (Å²) in [6.45, 7) is 1.32. The average Bonchev–Trinajstić information content (AvgIpc) is 2.39. The highest BCUT2D eigenvalue weighted by Gasteiger charge is 2.33. The van der Waals surface area contributed by atoms with E-state index in [1.165, 1.54) is 12.1 Å². The summed E-state index contributed by atoms with van der Waals surface area (Å²) in [6, 6.07) is 5.32. The molecule has 1 aliphatic heterocycles. The first-order chi connectivity index (χ1) is 8.95. The van der Waals surface area contributed by atoms with E-state index in [9.17, 15) is 13.2 Å². The predicted molar refractivity (Wildman–Crippen MR) is 68.4 cm³/mol. The fourth-order valence-electron chi connectivity index (χ4n) is 2.45. The summed E-state index contributed by atoms with van der Waals surface area (Å²) in [6.07, 6.45) is -1.71. The molecule has 2 rings (SSSR count). The van der Waals surface area contributed by atoms with Crippen LogP contribution in [0, 0.1) is 5.41 Å². The lowest BCUT2D eigenvalue weighted by molar-refractivity contribution is -0.137. The zero-order valence-electron chi connectivity index (χ0n) is 10.5. The van der Waals surface area contributed by atoms with Gasteiger partial charge in [-0.2, -0.15) is 13.2 Å². The van der Waals surface area contributed by atoms with E-state index in [2.05, 4.69) is 0 Å². The largest absolute Gasteiger partial charge is 0.416 e. The molecule has 0 aliphatic carbocycles. The van der Waals surface area contributed by atoms with Gasteiger partial charge in [0.1, 0.15) is 0 Å². The second kappa shape index (κ2) is 5.71. The van der Waals surface area contributed by atoms with Crippen molar-refractivity contribution in [3.05, 3.63) is 35.4 Å². The Kier molecular flexibility index (Phi) is 4.41. The fourth-order valence-corrected chi connectivity index (χ4v) is 2.75. The van der Waals surface area contributed by atoms with E-state index in [0.717, 1.165) is 37.1 Å². The van der Waals surface area contributed by atoms with Crippen LogP contribution in [-0.4, -0.2) is 19.1 Å². The van der Waals surface area contributed by atoms with Gasteiger partial charge in [-0.25, -0.2) is 0 Å². The summed E-state index contributed by atoms with van der Waals surface area (Å²) in [5, 5.41) is 0. The minimum absolute atomic E-state index is 0.139. The number of alkyl halides is 4. The topological polar surface area (TPSA) is 9.23 Å². The van der Waals surface area contributed by atoms with E-state index >= 15 is 0 Å². The molecule has 1 nitrogen and oxygen atoms in total. The molecule has 1 aromatic carbocycles. The Morgan fingerprint density at radius 1 is 1.21 bits per heavy atom. The molecule has 0 amide bonds. The maximum atomic E-state index is 12.5. The van der Waals surface area contributed by atoms with Gasteiger partial charge in [-0.1, -0.05) is 12.1 Å². The number of rotatable bonds is 3. The van der Waals surface area contributed by atoms with Crippen LogP contribution in [0.25, 0.3) is 0 Å². The van der Waals surface area contributed by atoms with Crippen molar-refractivity contribution in [1.29, 1.82) is 0 Å². The van der Waals surface area contributed by atoms with E-state index < -0.39 is 11.7 Å². The van der Waals surface area contributed by atoms with Crippen molar-refractivity contribution in [3.63, 3.8) is 0 Å². The van der Waals surface area contributed by atoms with Crippen molar-refractivity contribution in [2.45, 2.75) is 25.4 Å². The summed E-state index contributed by atoms with van der Waals surface area (Å²) < 4.78 is 42.9. The molecule has 1 aliphatic rings. The highest BCUT2D eigenvalue weighted by molar-refractivity contribution is 6.18. The first kappa shape index (κ1) is 14.7. The van der Waals surface area contributed by atoms with Gasteiger partial charge in [0.25, 0.3) is 0 Å². The molecule has 1 heterocycles. The lowest BCUT2D eigenvalue weighted by Crippen LogP contribution is -2.35. The van der Waals surface area contributed by atoms with Crippen molar-refractivity contribution < 1.29 is 17.9 Å². The highest BCUT2D eigenvalue weighted by atomic mass is 35.5. The van der Waals surface area contributed by atoms with Gasteiger partial charge < -0.3 is 4.74 Å². The lowest BCUT2D eigenvalue weighted by Gasteiger charge is -2.35. The molecule has 0 bridgehead atoms. The normalized spacial score (nSPS) is 24.4. The average molecular weight is 293 g/mol. The van der Waals surface area contributed by atoms with Gasteiger partial charge in [-0.3, -0.25) is 0 Å². The minimum atomic E-state index is -4.28. The Morgan fingerprint density at radius 3 is 2.37 bits per heavy atom. The Morgan fingerprint density at radius 2 is 1.89 bits per heavy atom. The number of halogens is 4. The number of hydrogen-bond acceptors (Lipinski definition) is 1. The van der Waals surface area contributed by atoms with Crippen LogP contribution in [0.4, 0.5) is 13.2 Å². The Bertz CT molecular complexity index is 408. The Hall–Kier alpha value is -0.740. The molecule has 0 saturated carbocycles. The van der Waals surface area contributed by atoms with Crippen LogP contribution in [0.2, 0.25) is 0 Å². The van der Waals surface area contributed by atoms with Crippen molar-refractivity contribution in [2.75, 3.05) is 19.1 Å². The van der Waals surface area contributed by atoms with Gasteiger partial charge in [-0.15, -0.1) is 11.6 Å². The summed E-state index contributed by atoms with van der Waals surface area (Å²) in [7, 11) is 0. The van der Waals surface area contributed by atoms with Gasteiger partial charge in [0, 0.05) is 17.9 Å². The van der Waals surface area contributed by atoms with Crippen molar-refractivity contribution >= 4 is 11.6 Å².